The molecule has 2 saturated carbocycles. The second-order valence-electron chi connectivity index (χ2n) is 17.4. The molecule has 0 aliphatic heterocycles. The zero-order valence-electron chi connectivity index (χ0n) is 31.1. The Morgan fingerprint density at radius 2 is 0.830 bits per heavy atom. The second-order valence-corrected chi connectivity index (χ2v) is 31.1. The first-order valence-corrected chi connectivity index (χ1v) is 27.8. The first-order chi connectivity index (χ1) is 22.5. The molecule has 252 valence electrons. The van der Waals surface area contributed by atoms with Gasteiger partial charge in [-0.2, -0.15) is 0 Å². The predicted molar refractivity (Wildman–Crippen MR) is 216 cm³/mol. The Morgan fingerprint density at radius 1 is 0.489 bits per heavy atom. The lowest BCUT2D eigenvalue weighted by atomic mass is 9.98. The summed E-state index contributed by atoms with van der Waals surface area (Å²) in [5.74, 6) is 1.19. The van der Waals surface area contributed by atoms with E-state index in [0.29, 0.717) is 22.9 Å². The summed E-state index contributed by atoms with van der Waals surface area (Å²) < 4.78 is 0. The number of rotatable bonds is 10. The largest absolute Gasteiger partial charge is 0.111 e. The highest BCUT2D eigenvalue weighted by Gasteiger charge is 2.60. The highest BCUT2D eigenvalue weighted by Crippen LogP contribution is 2.66. The fourth-order valence-electron chi connectivity index (χ4n) is 10.7. The van der Waals surface area contributed by atoms with E-state index in [4.69, 9.17) is 0 Å². The van der Waals surface area contributed by atoms with Gasteiger partial charge in [0.15, 0.2) is 0 Å². The molecule has 2 atom stereocenters. The summed E-state index contributed by atoms with van der Waals surface area (Å²) in [6.07, 6.45) is 26.3. The summed E-state index contributed by atoms with van der Waals surface area (Å²) in [6.45, 7) is 20.7. The molecule has 0 saturated heterocycles. The van der Waals surface area contributed by atoms with Gasteiger partial charge < -0.3 is 0 Å². The summed E-state index contributed by atoms with van der Waals surface area (Å²) in [5, 5.41) is 6.65. The van der Waals surface area contributed by atoms with E-state index in [2.05, 4.69) is 139 Å². The van der Waals surface area contributed by atoms with Crippen molar-refractivity contribution in [1.82, 2.24) is 0 Å². The van der Waals surface area contributed by atoms with Crippen LogP contribution >= 0.6 is 0 Å². The van der Waals surface area contributed by atoms with Crippen molar-refractivity contribution in [1.29, 1.82) is 0 Å². The van der Waals surface area contributed by atoms with Crippen molar-refractivity contribution in [2.75, 3.05) is 0 Å². The molecule has 0 spiro atoms. The molecule has 4 aliphatic carbocycles. The first kappa shape index (κ1) is 34.9. The Hall–Kier alpha value is -1.95. The zero-order valence-corrected chi connectivity index (χ0v) is 34.1. The minimum absolute atomic E-state index is 0.597. The summed E-state index contributed by atoms with van der Waals surface area (Å²) in [6, 6.07) is 23.2. The van der Waals surface area contributed by atoms with E-state index in [9.17, 15) is 0 Å². The van der Waals surface area contributed by atoms with Crippen LogP contribution in [0.3, 0.4) is 0 Å². The highest BCUT2D eigenvalue weighted by molar-refractivity contribution is 6.97. The van der Waals surface area contributed by atoms with Gasteiger partial charge >= 0.3 is 0 Å². The smallest absolute Gasteiger partial charge is 0.0803 e. The van der Waals surface area contributed by atoms with Crippen molar-refractivity contribution in [2.45, 2.75) is 140 Å². The summed E-state index contributed by atoms with van der Waals surface area (Å²) >= 11 is 0. The highest BCUT2D eigenvalue weighted by atomic mass is 28.3. The van der Waals surface area contributed by atoms with Gasteiger partial charge in [-0.15, -0.1) is 0 Å². The van der Waals surface area contributed by atoms with Crippen LogP contribution in [0.15, 0.2) is 107 Å². The molecule has 6 rings (SSSR count). The van der Waals surface area contributed by atoms with Gasteiger partial charge in [-0.3, -0.25) is 0 Å². The molecule has 3 heteroatoms. The van der Waals surface area contributed by atoms with Gasteiger partial charge in [0.2, 0.25) is 0 Å². The van der Waals surface area contributed by atoms with Gasteiger partial charge in [-0.05, 0) is 34.0 Å². The number of hydrogen-bond donors (Lipinski definition) is 0. The maximum absolute atomic E-state index is 2.99. The van der Waals surface area contributed by atoms with Crippen LogP contribution in [0.5, 0.6) is 0 Å². The van der Waals surface area contributed by atoms with E-state index in [1.807, 2.05) is 11.1 Å². The molecule has 0 aromatic heterocycles. The molecule has 0 radical (unpaired) electrons. The quantitative estimate of drug-likeness (QED) is 0.220. The van der Waals surface area contributed by atoms with Crippen molar-refractivity contribution < 1.29 is 0 Å². The Kier molecular flexibility index (Phi) is 10.5. The van der Waals surface area contributed by atoms with Crippen LogP contribution < -0.4 is 10.4 Å². The Balaban J connectivity index is 1.60. The monoisotopic (exact) mass is 676 g/mol. The van der Waals surface area contributed by atoms with Gasteiger partial charge in [0.05, 0.1) is 8.07 Å². The third-order valence-corrected chi connectivity index (χ3v) is 27.7. The fraction of sp³-hybridized carbons (Fsp3) is 0.545. The summed E-state index contributed by atoms with van der Waals surface area (Å²) in [4.78, 5) is 0. The minimum atomic E-state index is -2.07. The molecule has 0 heterocycles. The van der Waals surface area contributed by atoms with E-state index in [0.717, 1.165) is 11.1 Å². The third-order valence-electron chi connectivity index (χ3n) is 13.5. The topological polar surface area (TPSA) is 0 Å². The first-order valence-electron chi connectivity index (χ1n) is 19.5. The fourth-order valence-corrected chi connectivity index (χ4v) is 24.8. The maximum atomic E-state index is 2.99. The van der Waals surface area contributed by atoms with E-state index >= 15 is 0 Å². The molecule has 0 amide bonds. The van der Waals surface area contributed by atoms with E-state index < -0.39 is 24.2 Å². The number of hydrogen-bond acceptors (Lipinski definition) is 0. The van der Waals surface area contributed by atoms with Crippen molar-refractivity contribution in [3.63, 3.8) is 0 Å². The SMILES string of the molecule is CC(C)C1=CC([Si](C)(C)c2ccccc2)=CC1[Si](C1CCCCC1)(C1CCCCC1)C1C=C([Si](C)(C)c2ccccc2)C=C1C(C)C. The average Bonchev–Trinajstić information content (AvgIpc) is 3.75. The van der Waals surface area contributed by atoms with Crippen LogP contribution in [0.4, 0.5) is 0 Å². The van der Waals surface area contributed by atoms with Crippen LogP contribution in [0, 0.1) is 11.8 Å². The Bertz CT molecular complexity index is 1380. The van der Waals surface area contributed by atoms with E-state index in [1.54, 1.807) is 20.8 Å². The Labute approximate surface area is 292 Å². The molecule has 2 unspecified atom stereocenters. The van der Waals surface area contributed by atoms with E-state index in [1.165, 1.54) is 64.2 Å². The van der Waals surface area contributed by atoms with Crippen molar-refractivity contribution in [2.24, 2.45) is 11.8 Å². The number of benzene rings is 2. The lowest BCUT2D eigenvalue weighted by Crippen LogP contribution is -2.54. The van der Waals surface area contributed by atoms with Crippen LogP contribution in [0.25, 0.3) is 0 Å². The summed E-state index contributed by atoms with van der Waals surface area (Å²) in [7, 11) is -5.74. The predicted octanol–water partition coefficient (Wildman–Crippen LogP) is 12.2. The van der Waals surface area contributed by atoms with Gasteiger partial charge in [0, 0.05) is 0 Å². The minimum Gasteiger partial charge on any atom is -0.0803 e. The molecule has 2 fully saturated rings. The van der Waals surface area contributed by atoms with Gasteiger partial charge in [-0.1, -0.05) is 235 Å². The van der Waals surface area contributed by atoms with Crippen LogP contribution in [-0.4, -0.2) is 24.2 Å². The lowest BCUT2D eigenvalue weighted by Gasteiger charge is -2.56. The number of allylic oxidation sites excluding steroid dienone is 8. The van der Waals surface area contributed by atoms with Gasteiger partial charge in [-0.25, -0.2) is 0 Å². The molecule has 2 aromatic rings. The molecular weight excluding hydrogens is 613 g/mol. The third kappa shape index (κ3) is 6.43. The molecule has 0 N–H and O–H groups in total. The molecule has 0 bridgehead atoms. The zero-order chi connectivity index (χ0) is 33.4. The molecule has 47 heavy (non-hydrogen) atoms. The van der Waals surface area contributed by atoms with Gasteiger partial charge in [0.25, 0.3) is 0 Å². The van der Waals surface area contributed by atoms with Crippen LogP contribution in [0.2, 0.25) is 48.4 Å². The molecule has 0 nitrogen and oxygen atoms in total. The maximum Gasteiger partial charge on any atom is 0.111 e. The molecule has 4 aliphatic rings. The van der Waals surface area contributed by atoms with Crippen LogP contribution in [0.1, 0.15) is 91.9 Å². The standard InChI is InChI=1S/C44H64Si3/c1-33(2)41-29-39(45(5,6)35-21-13-9-14-22-35)31-43(41)47(37-25-17-11-18-26-37,38-27-19-12-20-28-38)44-32-40(30-42(44)34(3)4)46(7,8)36-23-15-10-16-24-36/h9-10,13-16,21-24,29-34,37-38,43-44H,11-12,17-20,25-28H2,1-8H3. The van der Waals surface area contributed by atoms with Crippen molar-refractivity contribution >= 4 is 34.6 Å². The Morgan fingerprint density at radius 3 is 1.15 bits per heavy atom. The van der Waals surface area contributed by atoms with Gasteiger partial charge in [0.1, 0.15) is 16.1 Å². The van der Waals surface area contributed by atoms with Crippen molar-refractivity contribution in [3.8, 4) is 0 Å². The normalized spacial score (nSPS) is 23.6. The molecular formula is C44H64Si3. The second kappa shape index (κ2) is 14.1. The average molecular weight is 677 g/mol. The van der Waals surface area contributed by atoms with Crippen molar-refractivity contribution in [3.05, 3.63) is 107 Å². The van der Waals surface area contributed by atoms with E-state index in [-0.39, 0.29) is 0 Å². The molecule has 2 aromatic carbocycles. The van der Waals surface area contributed by atoms with Crippen LogP contribution in [-0.2, 0) is 0 Å². The summed E-state index contributed by atoms with van der Waals surface area (Å²) in [5.41, 5.74) is 6.83. The lowest BCUT2D eigenvalue weighted by molar-refractivity contribution is 0.441.